The van der Waals surface area contributed by atoms with Gasteiger partial charge in [-0.1, -0.05) is 61.0 Å². The summed E-state index contributed by atoms with van der Waals surface area (Å²) in [6.07, 6.45) is 8.29. The minimum atomic E-state index is -1.79. The van der Waals surface area contributed by atoms with Gasteiger partial charge in [0.05, 0.1) is 6.61 Å². The molecule has 1 atom stereocenters. The fourth-order valence-corrected chi connectivity index (χ4v) is 5.20. The third-order valence-corrected chi connectivity index (χ3v) is 7.03. The first-order chi connectivity index (χ1) is 16.2. The van der Waals surface area contributed by atoms with Crippen molar-refractivity contribution in [3.05, 3.63) is 89.7 Å². The summed E-state index contributed by atoms with van der Waals surface area (Å²) in [5, 5.41) is 11.7. The smallest absolute Gasteiger partial charge is 0.347 e. The van der Waals surface area contributed by atoms with Crippen molar-refractivity contribution in [2.75, 3.05) is 26.2 Å². The van der Waals surface area contributed by atoms with E-state index in [1.165, 1.54) is 19.3 Å². The summed E-state index contributed by atoms with van der Waals surface area (Å²) in [6.45, 7) is 3.44. The Hall–Kier alpha value is -3.02. The number of likely N-dealkylation sites (tertiary alicyclic amines) is 1. The molecule has 0 amide bonds. The lowest BCUT2D eigenvalue weighted by Gasteiger charge is -2.29. The molecule has 170 valence electrons. The summed E-state index contributed by atoms with van der Waals surface area (Å²) in [6, 6.07) is 19.0. The second-order valence-electron chi connectivity index (χ2n) is 9.07. The maximum atomic E-state index is 13.4. The van der Waals surface area contributed by atoms with Crippen LogP contribution in [0.3, 0.4) is 0 Å². The zero-order valence-corrected chi connectivity index (χ0v) is 18.8. The minimum Gasteiger partial charge on any atom is -0.462 e. The van der Waals surface area contributed by atoms with Crippen molar-refractivity contribution >= 4 is 5.97 Å². The molecule has 2 aromatic carbocycles. The van der Waals surface area contributed by atoms with Gasteiger partial charge in [-0.25, -0.2) is 4.79 Å². The number of esters is 1. The van der Waals surface area contributed by atoms with Gasteiger partial charge in [-0.15, -0.1) is 0 Å². The highest BCUT2D eigenvalue weighted by molar-refractivity contribution is 5.96. The highest BCUT2D eigenvalue weighted by atomic mass is 16.5. The molecule has 0 unspecified atom stereocenters. The zero-order valence-electron chi connectivity index (χ0n) is 18.8. The van der Waals surface area contributed by atoms with E-state index in [9.17, 15) is 9.90 Å². The Morgan fingerprint density at radius 3 is 2.27 bits per heavy atom. The highest BCUT2D eigenvalue weighted by Gasteiger charge is 2.49. The quantitative estimate of drug-likeness (QED) is 0.546. The van der Waals surface area contributed by atoms with Gasteiger partial charge in [0, 0.05) is 29.4 Å². The summed E-state index contributed by atoms with van der Waals surface area (Å²) in [5.41, 5.74) is 2.19. The fourth-order valence-electron chi connectivity index (χ4n) is 5.20. The molecule has 2 heterocycles. The Kier molecular flexibility index (Phi) is 6.25. The van der Waals surface area contributed by atoms with Crippen molar-refractivity contribution < 1.29 is 14.6 Å². The van der Waals surface area contributed by atoms with Gasteiger partial charge in [-0.3, -0.25) is 4.98 Å². The number of benzene rings is 2. The lowest BCUT2D eigenvalue weighted by molar-refractivity contribution is -0.162. The largest absolute Gasteiger partial charge is 0.462 e. The van der Waals surface area contributed by atoms with E-state index in [4.69, 9.17) is 4.74 Å². The Labute approximate surface area is 195 Å². The van der Waals surface area contributed by atoms with Crippen LogP contribution in [-0.2, 0) is 15.1 Å². The number of pyridine rings is 1. The van der Waals surface area contributed by atoms with Crippen LogP contribution in [0.2, 0.25) is 0 Å². The van der Waals surface area contributed by atoms with Crippen LogP contribution in [0, 0.1) is 0 Å². The van der Waals surface area contributed by atoms with Crippen molar-refractivity contribution in [1.82, 2.24) is 9.88 Å². The molecule has 33 heavy (non-hydrogen) atoms. The van der Waals surface area contributed by atoms with E-state index >= 15 is 0 Å². The third kappa shape index (κ3) is 4.19. The van der Waals surface area contributed by atoms with Gasteiger partial charge in [0.1, 0.15) is 0 Å². The second kappa shape index (κ2) is 9.46. The Bertz CT molecular complexity index is 1060. The Balaban J connectivity index is 1.35. The number of aliphatic hydroxyl groups is 1. The van der Waals surface area contributed by atoms with Crippen molar-refractivity contribution in [3.63, 3.8) is 0 Å². The van der Waals surface area contributed by atoms with Gasteiger partial charge in [0.25, 0.3) is 0 Å². The summed E-state index contributed by atoms with van der Waals surface area (Å²) >= 11 is 0. The molecule has 0 saturated carbocycles. The summed E-state index contributed by atoms with van der Waals surface area (Å²) < 4.78 is 5.86. The molecular weight excluding hydrogens is 412 g/mol. The normalized spacial score (nSPS) is 17.7. The molecule has 1 saturated heterocycles. The number of hydrogen-bond donors (Lipinski definition) is 1. The standard InChI is InChI=1S/C28H30N2O3/c31-27(28(32)25-12-4-2-10-23(25)24-11-3-5-13-26(24)28)33-20-22(21-9-8-15-29-19-21)14-18-30-16-6-1-7-17-30/h2-5,8-13,15,19,22,32H,1,6-7,14,16-18,20H2/t22-/m0/s1. The fraction of sp³-hybridized carbons (Fsp3) is 0.357. The predicted octanol–water partition coefficient (Wildman–Crippen LogP) is 4.50. The van der Waals surface area contributed by atoms with Gasteiger partial charge in [0.15, 0.2) is 0 Å². The molecule has 2 aliphatic rings. The maximum absolute atomic E-state index is 13.4. The van der Waals surface area contributed by atoms with Gasteiger partial charge in [-0.05, 0) is 61.7 Å². The predicted molar refractivity (Wildman–Crippen MR) is 128 cm³/mol. The number of carbonyl (C=O) groups is 1. The molecule has 1 aromatic heterocycles. The lowest BCUT2D eigenvalue weighted by atomic mass is 9.91. The van der Waals surface area contributed by atoms with Crippen LogP contribution in [0.4, 0.5) is 0 Å². The molecule has 5 heteroatoms. The minimum absolute atomic E-state index is 0.0278. The average molecular weight is 443 g/mol. The van der Waals surface area contributed by atoms with E-state index in [0.29, 0.717) is 11.1 Å². The molecule has 1 aliphatic carbocycles. The van der Waals surface area contributed by atoms with Gasteiger partial charge >= 0.3 is 5.97 Å². The van der Waals surface area contributed by atoms with Gasteiger partial charge in [-0.2, -0.15) is 0 Å². The molecule has 3 aromatic rings. The number of aromatic nitrogens is 1. The molecule has 0 bridgehead atoms. The molecule has 5 rings (SSSR count). The Morgan fingerprint density at radius 1 is 0.970 bits per heavy atom. The van der Waals surface area contributed by atoms with E-state index in [1.807, 2.05) is 66.9 Å². The molecule has 0 radical (unpaired) electrons. The lowest BCUT2D eigenvalue weighted by Crippen LogP contribution is -2.37. The first kappa shape index (κ1) is 21.8. The van der Waals surface area contributed by atoms with E-state index < -0.39 is 11.6 Å². The van der Waals surface area contributed by atoms with Crippen LogP contribution in [0.15, 0.2) is 73.1 Å². The third-order valence-electron chi connectivity index (χ3n) is 7.03. The zero-order chi connectivity index (χ0) is 22.7. The monoisotopic (exact) mass is 442 g/mol. The van der Waals surface area contributed by atoms with Crippen LogP contribution in [-0.4, -0.2) is 47.2 Å². The van der Waals surface area contributed by atoms with Gasteiger partial charge in [0.2, 0.25) is 5.60 Å². The molecule has 1 fully saturated rings. The highest BCUT2D eigenvalue weighted by Crippen LogP contribution is 2.48. The van der Waals surface area contributed by atoms with E-state index in [2.05, 4.69) is 9.88 Å². The topological polar surface area (TPSA) is 62.7 Å². The number of carbonyl (C=O) groups excluding carboxylic acids is 1. The number of ether oxygens (including phenoxy) is 1. The van der Waals surface area contributed by atoms with Crippen molar-refractivity contribution in [3.8, 4) is 11.1 Å². The second-order valence-corrected chi connectivity index (χ2v) is 9.07. The maximum Gasteiger partial charge on any atom is 0.347 e. The van der Waals surface area contributed by atoms with Crippen molar-refractivity contribution in [2.24, 2.45) is 0 Å². The van der Waals surface area contributed by atoms with E-state index in [1.54, 1.807) is 6.20 Å². The van der Waals surface area contributed by atoms with E-state index in [-0.39, 0.29) is 12.5 Å². The number of piperidine rings is 1. The van der Waals surface area contributed by atoms with Crippen LogP contribution >= 0.6 is 0 Å². The van der Waals surface area contributed by atoms with Crippen molar-refractivity contribution in [1.29, 1.82) is 0 Å². The molecule has 5 nitrogen and oxygen atoms in total. The summed E-state index contributed by atoms with van der Waals surface area (Å²) in [5.74, 6) is -0.591. The van der Waals surface area contributed by atoms with Crippen LogP contribution in [0.25, 0.3) is 11.1 Å². The molecule has 1 N–H and O–H groups in total. The van der Waals surface area contributed by atoms with E-state index in [0.717, 1.165) is 42.7 Å². The van der Waals surface area contributed by atoms with Gasteiger partial charge < -0.3 is 14.7 Å². The van der Waals surface area contributed by atoms with Crippen LogP contribution < -0.4 is 0 Å². The molecular formula is C28H30N2O3. The first-order valence-corrected chi connectivity index (χ1v) is 11.9. The Morgan fingerprint density at radius 2 is 1.64 bits per heavy atom. The summed E-state index contributed by atoms with van der Waals surface area (Å²) in [4.78, 5) is 20.2. The number of rotatable bonds is 7. The molecule has 1 aliphatic heterocycles. The SMILES string of the molecule is O=C(OC[C@H](CCN1CCCCC1)c1cccnc1)C1(O)c2ccccc2-c2ccccc21. The van der Waals surface area contributed by atoms with Crippen LogP contribution in [0.5, 0.6) is 0 Å². The number of hydrogen-bond acceptors (Lipinski definition) is 5. The number of nitrogens with zero attached hydrogens (tertiary/aromatic N) is 2. The molecule has 0 spiro atoms. The summed E-state index contributed by atoms with van der Waals surface area (Å²) in [7, 11) is 0. The van der Waals surface area contributed by atoms with Crippen molar-refractivity contribution in [2.45, 2.75) is 37.2 Å². The first-order valence-electron chi connectivity index (χ1n) is 11.9. The average Bonchev–Trinajstić information content (AvgIpc) is 3.15. The number of fused-ring (bicyclic) bond motifs is 3. The van der Waals surface area contributed by atoms with Crippen LogP contribution in [0.1, 0.15) is 48.3 Å².